The number of carbonyl (C=O) groups excluding carboxylic acids is 1. The van der Waals surface area contributed by atoms with Crippen molar-refractivity contribution in [3.63, 3.8) is 0 Å². The number of ketones is 1. The highest BCUT2D eigenvalue weighted by Gasteiger charge is 2.20. The van der Waals surface area contributed by atoms with Crippen LogP contribution in [-0.4, -0.2) is 17.0 Å². The van der Waals surface area contributed by atoms with E-state index in [2.05, 4.69) is 0 Å². The molecule has 0 bridgehead atoms. The summed E-state index contributed by atoms with van der Waals surface area (Å²) in [5.74, 6) is 0.650. The molecule has 0 fully saturated rings. The molecule has 0 atom stereocenters. The van der Waals surface area contributed by atoms with Gasteiger partial charge in [0, 0.05) is 11.9 Å². The van der Waals surface area contributed by atoms with Crippen LogP contribution in [0.15, 0.2) is 36.5 Å². The Balaban J connectivity index is 2.30. The van der Waals surface area contributed by atoms with Crippen LogP contribution in [0.25, 0.3) is 5.69 Å². The number of rotatable bonds is 0. The van der Waals surface area contributed by atoms with E-state index in [1.165, 1.54) is 0 Å². The maximum Gasteiger partial charge on any atom is 0.216 e. The number of nitrogens with zero attached hydrogens (tertiary/aromatic N) is 1. The SMILES string of the molecule is Nc1ccc2c(c1)-n1cccc1C(=O)CO2. The highest BCUT2D eigenvalue weighted by molar-refractivity contribution is 5.97. The topological polar surface area (TPSA) is 57.2 Å². The first kappa shape index (κ1) is 9.03. The van der Waals surface area contributed by atoms with Crippen molar-refractivity contribution in [2.75, 3.05) is 12.3 Å². The summed E-state index contributed by atoms with van der Waals surface area (Å²) in [5.41, 5.74) is 7.83. The summed E-state index contributed by atoms with van der Waals surface area (Å²) < 4.78 is 7.24. The zero-order valence-corrected chi connectivity index (χ0v) is 8.51. The molecular formula is C12H10N2O2. The summed E-state index contributed by atoms with van der Waals surface area (Å²) in [5, 5.41) is 0. The summed E-state index contributed by atoms with van der Waals surface area (Å²) >= 11 is 0. The second-order valence-electron chi connectivity index (χ2n) is 3.70. The van der Waals surface area contributed by atoms with E-state index in [0.29, 0.717) is 17.1 Å². The Bertz CT molecular complexity index is 572. The van der Waals surface area contributed by atoms with Gasteiger partial charge in [-0.3, -0.25) is 4.79 Å². The molecule has 1 aromatic heterocycles. The van der Waals surface area contributed by atoms with Gasteiger partial charge < -0.3 is 15.0 Å². The second-order valence-corrected chi connectivity index (χ2v) is 3.70. The van der Waals surface area contributed by atoms with Gasteiger partial charge in [-0.25, -0.2) is 0 Å². The van der Waals surface area contributed by atoms with E-state index in [4.69, 9.17) is 10.5 Å². The number of hydrogen-bond donors (Lipinski definition) is 1. The average molecular weight is 214 g/mol. The van der Waals surface area contributed by atoms with Crippen LogP contribution in [0.3, 0.4) is 0 Å². The van der Waals surface area contributed by atoms with Crippen LogP contribution in [0.1, 0.15) is 10.5 Å². The van der Waals surface area contributed by atoms with E-state index in [0.717, 1.165) is 5.69 Å². The van der Waals surface area contributed by atoms with Crippen LogP contribution in [0, 0.1) is 0 Å². The van der Waals surface area contributed by atoms with E-state index in [9.17, 15) is 4.79 Å². The number of hydrogen-bond acceptors (Lipinski definition) is 3. The predicted octanol–water partition coefficient (Wildman–Crippen LogP) is 1.63. The van der Waals surface area contributed by atoms with Gasteiger partial charge in [0.15, 0.2) is 6.61 Å². The van der Waals surface area contributed by atoms with Crippen molar-refractivity contribution >= 4 is 11.5 Å². The van der Waals surface area contributed by atoms with Gasteiger partial charge in [0.25, 0.3) is 0 Å². The van der Waals surface area contributed by atoms with Gasteiger partial charge in [0.2, 0.25) is 5.78 Å². The van der Waals surface area contributed by atoms with Gasteiger partial charge >= 0.3 is 0 Å². The highest BCUT2D eigenvalue weighted by Crippen LogP contribution is 2.29. The normalized spacial score (nSPS) is 13.6. The van der Waals surface area contributed by atoms with E-state index in [1.807, 2.05) is 12.3 Å². The lowest BCUT2D eigenvalue weighted by Gasteiger charge is -2.09. The van der Waals surface area contributed by atoms with Crippen LogP contribution >= 0.6 is 0 Å². The quantitative estimate of drug-likeness (QED) is 0.678. The third-order valence-corrected chi connectivity index (χ3v) is 2.64. The van der Waals surface area contributed by atoms with Crippen LogP contribution < -0.4 is 10.5 Å². The third kappa shape index (κ3) is 1.20. The molecule has 0 spiro atoms. The predicted molar refractivity (Wildman–Crippen MR) is 60.0 cm³/mol. The second kappa shape index (κ2) is 3.13. The first-order valence-electron chi connectivity index (χ1n) is 4.99. The molecule has 2 aromatic rings. The number of ether oxygens (including phenoxy) is 1. The number of anilines is 1. The van der Waals surface area contributed by atoms with Crippen molar-refractivity contribution in [1.82, 2.24) is 4.57 Å². The molecule has 3 rings (SSSR count). The minimum atomic E-state index is -0.0280. The van der Waals surface area contributed by atoms with Gasteiger partial charge in [0.05, 0.1) is 11.4 Å². The summed E-state index contributed by atoms with van der Waals surface area (Å²) in [4.78, 5) is 11.7. The Labute approximate surface area is 92.2 Å². The first-order valence-corrected chi connectivity index (χ1v) is 4.99. The monoisotopic (exact) mass is 214 g/mol. The number of nitrogens with two attached hydrogens (primary N) is 1. The largest absolute Gasteiger partial charge is 0.483 e. The number of carbonyl (C=O) groups is 1. The van der Waals surface area contributed by atoms with Crippen LogP contribution in [-0.2, 0) is 0 Å². The summed E-state index contributed by atoms with van der Waals surface area (Å²) in [7, 11) is 0. The Morgan fingerprint density at radius 1 is 1.31 bits per heavy atom. The number of fused-ring (bicyclic) bond motifs is 3. The number of nitrogen functional groups attached to an aromatic ring is 1. The Morgan fingerprint density at radius 3 is 3.06 bits per heavy atom. The minimum absolute atomic E-state index is 0.0280. The van der Waals surface area contributed by atoms with Crippen molar-refractivity contribution < 1.29 is 9.53 Å². The molecular weight excluding hydrogens is 204 g/mol. The van der Waals surface area contributed by atoms with Gasteiger partial charge in [0.1, 0.15) is 5.75 Å². The van der Waals surface area contributed by atoms with Crippen molar-refractivity contribution in [3.8, 4) is 11.4 Å². The van der Waals surface area contributed by atoms with E-state index in [1.54, 1.807) is 28.8 Å². The fourth-order valence-electron chi connectivity index (χ4n) is 1.88. The van der Waals surface area contributed by atoms with E-state index < -0.39 is 0 Å². The van der Waals surface area contributed by atoms with E-state index >= 15 is 0 Å². The van der Waals surface area contributed by atoms with Crippen LogP contribution in [0.4, 0.5) is 5.69 Å². The standard InChI is InChI=1S/C12H10N2O2/c13-8-3-4-12-10(6-8)14-5-1-2-9(14)11(15)7-16-12/h1-6H,7,13H2. The smallest absolute Gasteiger partial charge is 0.216 e. The fourth-order valence-corrected chi connectivity index (χ4v) is 1.88. The molecule has 2 N–H and O–H groups in total. The first-order chi connectivity index (χ1) is 7.75. The summed E-state index contributed by atoms with van der Waals surface area (Å²) in [6.45, 7) is 0.0704. The lowest BCUT2D eigenvalue weighted by molar-refractivity contribution is 0.0921. The molecule has 0 radical (unpaired) electrons. The lowest BCUT2D eigenvalue weighted by Crippen LogP contribution is -2.10. The van der Waals surface area contributed by atoms with Gasteiger partial charge in [-0.2, -0.15) is 0 Å². The molecule has 80 valence electrons. The Hall–Kier alpha value is -2.23. The maximum absolute atomic E-state index is 11.7. The molecule has 4 heteroatoms. The van der Waals surface area contributed by atoms with E-state index in [-0.39, 0.29) is 12.4 Å². The van der Waals surface area contributed by atoms with Crippen molar-refractivity contribution in [3.05, 3.63) is 42.2 Å². The van der Waals surface area contributed by atoms with Gasteiger partial charge in [-0.15, -0.1) is 0 Å². The number of benzene rings is 1. The molecule has 1 aromatic carbocycles. The zero-order chi connectivity index (χ0) is 11.1. The van der Waals surface area contributed by atoms with Crippen molar-refractivity contribution in [2.45, 2.75) is 0 Å². The molecule has 1 aliphatic heterocycles. The molecule has 16 heavy (non-hydrogen) atoms. The summed E-state index contributed by atoms with van der Waals surface area (Å²) in [6, 6.07) is 8.97. The Morgan fingerprint density at radius 2 is 2.19 bits per heavy atom. The van der Waals surface area contributed by atoms with Gasteiger partial charge in [-0.05, 0) is 30.3 Å². The average Bonchev–Trinajstić information content (AvgIpc) is 2.71. The van der Waals surface area contributed by atoms with Crippen molar-refractivity contribution in [2.24, 2.45) is 0 Å². The number of Topliss-reactive ketones (excluding diaryl/α,β-unsaturated/α-hetero) is 1. The lowest BCUT2D eigenvalue weighted by atomic mass is 10.2. The zero-order valence-electron chi connectivity index (χ0n) is 8.51. The minimum Gasteiger partial charge on any atom is -0.483 e. The molecule has 0 saturated heterocycles. The van der Waals surface area contributed by atoms with Crippen LogP contribution in [0.2, 0.25) is 0 Å². The van der Waals surface area contributed by atoms with Crippen molar-refractivity contribution in [1.29, 1.82) is 0 Å². The fraction of sp³-hybridized carbons (Fsp3) is 0.0833. The molecule has 4 nitrogen and oxygen atoms in total. The molecule has 2 heterocycles. The van der Waals surface area contributed by atoms with Gasteiger partial charge in [-0.1, -0.05) is 0 Å². The molecule has 0 amide bonds. The molecule has 1 aliphatic rings. The number of aromatic nitrogens is 1. The molecule has 0 unspecified atom stereocenters. The molecule has 0 saturated carbocycles. The Kier molecular flexibility index (Phi) is 1.77. The third-order valence-electron chi connectivity index (χ3n) is 2.64. The molecule has 0 aliphatic carbocycles. The summed E-state index contributed by atoms with van der Waals surface area (Å²) in [6.07, 6.45) is 1.83. The highest BCUT2D eigenvalue weighted by atomic mass is 16.5. The maximum atomic E-state index is 11.7. The van der Waals surface area contributed by atoms with Crippen LogP contribution in [0.5, 0.6) is 5.75 Å².